The van der Waals surface area contributed by atoms with Gasteiger partial charge in [-0.05, 0) is 39.2 Å². The number of nitrogens with one attached hydrogen (secondary N) is 2. The number of anilines is 1. The molecule has 0 saturated heterocycles. The molecule has 0 unspecified atom stereocenters. The molecule has 1 atom stereocenters. The van der Waals surface area contributed by atoms with Gasteiger partial charge in [-0.2, -0.15) is 0 Å². The average molecular weight is 491 g/mol. The van der Waals surface area contributed by atoms with Crippen LogP contribution < -0.4 is 10.6 Å². The molecule has 2 N–H and O–H groups in total. The van der Waals surface area contributed by atoms with E-state index in [4.69, 9.17) is 16.1 Å². The minimum Gasteiger partial charge on any atom is -0.360 e. The van der Waals surface area contributed by atoms with Gasteiger partial charge in [0.1, 0.15) is 11.8 Å². The molecule has 2 aromatic rings. The fraction of sp³-hybridized carbons (Fsp3) is 0.520. The van der Waals surface area contributed by atoms with E-state index in [0.717, 1.165) is 0 Å². The van der Waals surface area contributed by atoms with E-state index in [-0.39, 0.29) is 36.5 Å². The zero-order valence-electron chi connectivity index (χ0n) is 20.8. The van der Waals surface area contributed by atoms with E-state index in [9.17, 15) is 14.4 Å². The summed E-state index contributed by atoms with van der Waals surface area (Å²) in [5, 5.41) is 9.80. The first-order valence-electron chi connectivity index (χ1n) is 11.5. The standard InChI is InChI=1S/C25H35ClN4O4/c1-7-25(5,6)28-24(33)23(18-10-8-9-11-19(18)26)30(15-16(2)3)22(32)13-12-21(31)27-20-14-17(4)34-29-20/h8-11,14,16,23H,7,12-13,15H2,1-6H3,(H,28,33)(H,27,29,31)/t23-/m0/s1. The maximum absolute atomic E-state index is 13.5. The number of rotatable bonds is 11. The van der Waals surface area contributed by atoms with Gasteiger partial charge in [0.25, 0.3) is 0 Å². The summed E-state index contributed by atoms with van der Waals surface area (Å²) < 4.78 is 4.94. The van der Waals surface area contributed by atoms with Crippen molar-refractivity contribution < 1.29 is 18.9 Å². The Balaban J connectivity index is 2.29. The molecule has 34 heavy (non-hydrogen) atoms. The molecule has 0 aliphatic carbocycles. The van der Waals surface area contributed by atoms with Gasteiger partial charge in [-0.1, -0.05) is 55.7 Å². The predicted molar refractivity (Wildman–Crippen MR) is 132 cm³/mol. The van der Waals surface area contributed by atoms with Gasteiger partial charge in [0, 0.05) is 41.6 Å². The van der Waals surface area contributed by atoms with Gasteiger partial charge in [0.2, 0.25) is 17.7 Å². The van der Waals surface area contributed by atoms with Crippen molar-refractivity contribution in [1.29, 1.82) is 0 Å². The van der Waals surface area contributed by atoms with E-state index in [1.54, 1.807) is 37.3 Å². The average Bonchev–Trinajstić information content (AvgIpc) is 3.16. The molecule has 0 bridgehead atoms. The lowest BCUT2D eigenvalue weighted by Gasteiger charge is -2.35. The lowest BCUT2D eigenvalue weighted by molar-refractivity contribution is -0.142. The van der Waals surface area contributed by atoms with Crippen molar-refractivity contribution in [3.05, 3.63) is 46.7 Å². The molecule has 0 aliphatic rings. The van der Waals surface area contributed by atoms with Crippen LogP contribution in [0.25, 0.3) is 0 Å². The molecule has 2 rings (SSSR count). The van der Waals surface area contributed by atoms with Crippen molar-refractivity contribution in [3.63, 3.8) is 0 Å². The molecule has 1 aromatic heterocycles. The van der Waals surface area contributed by atoms with Crippen LogP contribution in [0.5, 0.6) is 0 Å². The minimum atomic E-state index is -0.921. The Bertz CT molecular complexity index is 1000. The van der Waals surface area contributed by atoms with Crippen LogP contribution in [0.4, 0.5) is 5.82 Å². The first-order chi connectivity index (χ1) is 15.9. The summed E-state index contributed by atoms with van der Waals surface area (Å²) in [6.45, 7) is 11.8. The van der Waals surface area contributed by atoms with Gasteiger partial charge in [0.15, 0.2) is 5.82 Å². The van der Waals surface area contributed by atoms with Crippen molar-refractivity contribution in [2.75, 3.05) is 11.9 Å². The summed E-state index contributed by atoms with van der Waals surface area (Å²) >= 11 is 6.48. The van der Waals surface area contributed by atoms with Crippen LogP contribution >= 0.6 is 11.6 Å². The number of aryl methyl sites for hydroxylation is 1. The number of halogens is 1. The number of carbonyl (C=O) groups is 3. The van der Waals surface area contributed by atoms with E-state index in [2.05, 4.69) is 15.8 Å². The van der Waals surface area contributed by atoms with E-state index in [0.29, 0.717) is 35.1 Å². The number of carbonyl (C=O) groups excluding carboxylic acids is 3. The second-order valence-corrected chi connectivity index (χ2v) is 9.87. The van der Waals surface area contributed by atoms with Crippen molar-refractivity contribution in [2.45, 2.75) is 72.4 Å². The maximum atomic E-state index is 13.5. The normalized spacial score (nSPS) is 12.4. The van der Waals surface area contributed by atoms with Crippen LogP contribution in [-0.4, -0.2) is 39.9 Å². The summed E-state index contributed by atoms with van der Waals surface area (Å²) in [6, 6.07) is 7.70. The highest BCUT2D eigenvalue weighted by atomic mass is 35.5. The quantitative estimate of drug-likeness (QED) is 0.466. The van der Waals surface area contributed by atoms with Gasteiger partial charge in [0.05, 0.1) is 0 Å². The number of hydrogen-bond donors (Lipinski definition) is 2. The Morgan fingerprint density at radius 3 is 2.41 bits per heavy atom. The summed E-state index contributed by atoms with van der Waals surface area (Å²) in [4.78, 5) is 40.8. The van der Waals surface area contributed by atoms with Crippen LogP contribution in [0.1, 0.15) is 71.2 Å². The third-order valence-corrected chi connectivity index (χ3v) is 5.79. The SMILES string of the molecule is CCC(C)(C)NC(=O)[C@H](c1ccccc1Cl)N(CC(C)C)C(=O)CCC(=O)Nc1cc(C)on1. The van der Waals surface area contributed by atoms with Crippen LogP contribution in [0, 0.1) is 12.8 Å². The molecule has 8 nitrogen and oxygen atoms in total. The molecule has 0 fully saturated rings. The monoisotopic (exact) mass is 490 g/mol. The lowest BCUT2D eigenvalue weighted by Crippen LogP contribution is -2.51. The van der Waals surface area contributed by atoms with Crippen LogP contribution in [0.2, 0.25) is 5.02 Å². The van der Waals surface area contributed by atoms with Gasteiger partial charge >= 0.3 is 0 Å². The maximum Gasteiger partial charge on any atom is 0.247 e. The Kier molecular flexibility index (Phi) is 9.67. The fourth-order valence-corrected chi connectivity index (χ4v) is 3.62. The molecule has 0 radical (unpaired) electrons. The molecular formula is C25H35ClN4O4. The zero-order valence-corrected chi connectivity index (χ0v) is 21.5. The molecule has 186 valence electrons. The van der Waals surface area contributed by atoms with E-state index < -0.39 is 11.6 Å². The number of aromatic nitrogens is 1. The Morgan fingerprint density at radius 2 is 1.85 bits per heavy atom. The van der Waals surface area contributed by atoms with E-state index in [1.165, 1.54) is 4.90 Å². The molecule has 1 aromatic carbocycles. The topological polar surface area (TPSA) is 105 Å². The lowest BCUT2D eigenvalue weighted by atomic mass is 9.97. The second-order valence-electron chi connectivity index (χ2n) is 9.46. The van der Waals surface area contributed by atoms with Crippen molar-refractivity contribution in [3.8, 4) is 0 Å². The van der Waals surface area contributed by atoms with Gasteiger partial charge in [-0.3, -0.25) is 14.4 Å². The third-order valence-electron chi connectivity index (χ3n) is 5.45. The Hall–Kier alpha value is -2.87. The minimum absolute atomic E-state index is 0.0589. The summed E-state index contributed by atoms with van der Waals surface area (Å²) in [5.74, 6) is -0.0296. The van der Waals surface area contributed by atoms with Gasteiger partial charge < -0.3 is 20.1 Å². The summed E-state index contributed by atoms with van der Waals surface area (Å²) in [5.41, 5.74) is 0.0868. The summed E-state index contributed by atoms with van der Waals surface area (Å²) in [7, 11) is 0. The highest BCUT2D eigenvalue weighted by molar-refractivity contribution is 6.31. The highest BCUT2D eigenvalue weighted by Crippen LogP contribution is 2.30. The van der Waals surface area contributed by atoms with Crippen LogP contribution in [-0.2, 0) is 14.4 Å². The number of hydrogen-bond acceptors (Lipinski definition) is 5. The number of amides is 3. The molecule has 9 heteroatoms. The summed E-state index contributed by atoms with van der Waals surface area (Å²) in [6.07, 6.45) is 0.589. The third kappa shape index (κ3) is 7.87. The molecule has 0 spiro atoms. The number of nitrogens with zero attached hydrogens (tertiary/aromatic N) is 2. The van der Waals surface area contributed by atoms with Crippen LogP contribution in [0.3, 0.4) is 0 Å². The zero-order chi connectivity index (χ0) is 25.5. The molecule has 1 heterocycles. The molecular weight excluding hydrogens is 456 g/mol. The van der Waals surface area contributed by atoms with E-state index >= 15 is 0 Å². The Morgan fingerprint density at radius 1 is 1.18 bits per heavy atom. The molecule has 0 saturated carbocycles. The van der Waals surface area contributed by atoms with Crippen LogP contribution in [0.15, 0.2) is 34.9 Å². The second kappa shape index (κ2) is 12.0. The Labute approximate surface area is 206 Å². The highest BCUT2D eigenvalue weighted by Gasteiger charge is 2.35. The van der Waals surface area contributed by atoms with E-state index in [1.807, 2.05) is 34.6 Å². The van der Waals surface area contributed by atoms with Crippen molar-refractivity contribution in [2.24, 2.45) is 5.92 Å². The van der Waals surface area contributed by atoms with Crippen molar-refractivity contribution in [1.82, 2.24) is 15.4 Å². The van der Waals surface area contributed by atoms with Crippen molar-refractivity contribution >= 4 is 35.1 Å². The predicted octanol–water partition coefficient (Wildman–Crippen LogP) is 4.89. The first-order valence-corrected chi connectivity index (χ1v) is 11.9. The van der Waals surface area contributed by atoms with Gasteiger partial charge in [-0.25, -0.2) is 0 Å². The fourth-order valence-electron chi connectivity index (χ4n) is 3.38. The molecule has 3 amide bonds. The largest absolute Gasteiger partial charge is 0.360 e. The first kappa shape index (κ1) is 27.4. The molecule has 0 aliphatic heterocycles. The smallest absolute Gasteiger partial charge is 0.247 e. The van der Waals surface area contributed by atoms with Gasteiger partial charge in [-0.15, -0.1) is 0 Å². The number of benzene rings is 1.